The molecule has 16 heavy (non-hydrogen) atoms. The predicted molar refractivity (Wildman–Crippen MR) is 58.7 cm³/mol. The van der Waals surface area contributed by atoms with Crippen molar-refractivity contribution in [2.45, 2.75) is 18.5 Å². The molecule has 0 saturated heterocycles. The molecule has 2 atom stereocenters. The average molecular weight is 249 g/mol. The molecule has 0 aromatic carbocycles. The van der Waals surface area contributed by atoms with E-state index in [9.17, 15) is 13.2 Å². The number of nitrogens with one attached hydrogen (secondary N) is 1. The number of nitrogens with zero attached hydrogens (tertiary/aromatic N) is 1. The first-order valence-electron chi connectivity index (χ1n) is 4.69. The van der Waals surface area contributed by atoms with Gasteiger partial charge in [-0.3, -0.25) is 9.79 Å². The van der Waals surface area contributed by atoms with Crippen molar-refractivity contribution in [3.63, 3.8) is 0 Å². The first kappa shape index (κ1) is 12.9. The van der Waals surface area contributed by atoms with E-state index in [1.165, 1.54) is 7.11 Å². The summed E-state index contributed by atoms with van der Waals surface area (Å²) in [5.41, 5.74) is 5.55. The Labute approximate surface area is 94.0 Å². The third-order valence-corrected chi connectivity index (χ3v) is 3.13. The maximum absolute atomic E-state index is 11.1. The van der Waals surface area contributed by atoms with E-state index < -0.39 is 21.8 Å². The molecule has 1 aliphatic rings. The van der Waals surface area contributed by atoms with Gasteiger partial charge in [-0.15, -0.1) is 0 Å². The fourth-order valence-electron chi connectivity index (χ4n) is 1.37. The minimum absolute atomic E-state index is 0.0467. The van der Waals surface area contributed by atoms with Crippen LogP contribution in [0.2, 0.25) is 0 Å². The van der Waals surface area contributed by atoms with Crippen LogP contribution in [-0.4, -0.2) is 51.5 Å². The Bertz CT molecular complexity index is 404. The van der Waals surface area contributed by atoms with Crippen LogP contribution in [0.4, 0.5) is 0 Å². The summed E-state index contributed by atoms with van der Waals surface area (Å²) in [6.07, 6.45) is 1.36. The summed E-state index contributed by atoms with van der Waals surface area (Å²) in [7, 11) is -2.06. The molecule has 7 nitrogen and oxygen atoms in total. The van der Waals surface area contributed by atoms with Crippen LogP contribution < -0.4 is 11.1 Å². The predicted octanol–water partition coefficient (Wildman–Crippen LogP) is -1.75. The van der Waals surface area contributed by atoms with Crippen LogP contribution in [0.5, 0.6) is 0 Å². The molecule has 1 unspecified atom stereocenters. The molecule has 1 heterocycles. The van der Waals surface area contributed by atoms with Crippen LogP contribution >= 0.6 is 0 Å². The van der Waals surface area contributed by atoms with Crippen LogP contribution in [0.25, 0.3) is 0 Å². The Morgan fingerprint density at radius 1 is 1.75 bits per heavy atom. The first-order chi connectivity index (χ1) is 7.34. The average Bonchev–Trinajstić information content (AvgIpc) is 2.64. The van der Waals surface area contributed by atoms with Crippen LogP contribution in [0.3, 0.4) is 0 Å². The highest BCUT2D eigenvalue weighted by Gasteiger charge is 2.27. The van der Waals surface area contributed by atoms with E-state index in [4.69, 9.17) is 5.73 Å². The number of esters is 1. The zero-order valence-corrected chi connectivity index (χ0v) is 9.95. The van der Waals surface area contributed by atoms with Crippen LogP contribution in [0, 0.1) is 0 Å². The monoisotopic (exact) mass is 249 g/mol. The summed E-state index contributed by atoms with van der Waals surface area (Å²) in [5, 5.41) is 2.67. The summed E-state index contributed by atoms with van der Waals surface area (Å²) in [6.45, 7) is 0.299. The van der Waals surface area contributed by atoms with Gasteiger partial charge in [0.05, 0.1) is 13.7 Å². The number of ether oxygens (including phenoxy) is 1. The van der Waals surface area contributed by atoms with Gasteiger partial charge in [-0.25, -0.2) is 8.42 Å². The minimum atomic E-state index is -3.32. The van der Waals surface area contributed by atoms with E-state index in [0.717, 1.165) is 6.26 Å². The Kier molecular flexibility index (Phi) is 3.87. The Balaban J connectivity index is 2.49. The second-order valence-electron chi connectivity index (χ2n) is 3.62. The molecule has 1 rings (SSSR count). The van der Waals surface area contributed by atoms with E-state index >= 15 is 0 Å². The summed E-state index contributed by atoms with van der Waals surface area (Å²) in [6, 6.07) is -1.00. The SMILES string of the molecule is COC(=O)[C@@H](N)CC1CN=C(S(C)(=O)=O)N1. The largest absolute Gasteiger partial charge is 0.468 e. The zero-order chi connectivity index (χ0) is 12.3. The van der Waals surface area contributed by atoms with E-state index in [0.29, 0.717) is 6.54 Å². The molecule has 1 aliphatic heterocycles. The number of amidine groups is 1. The van der Waals surface area contributed by atoms with Crippen molar-refractivity contribution in [2.75, 3.05) is 19.9 Å². The van der Waals surface area contributed by atoms with Gasteiger partial charge in [0, 0.05) is 12.3 Å². The van der Waals surface area contributed by atoms with Crippen molar-refractivity contribution in [1.29, 1.82) is 0 Å². The van der Waals surface area contributed by atoms with Crippen molar-refractivity contribution in [3.8, 4) is 0 Å². The molecule has 0 fully saturated rings. The number of aliphatic imine (C=N–C) groups is 1. The van der Waals surface area contributed by atoms with E-state index in [-0.39, 0.29) is 17.6 Å². The Morgan fingerprint density at radius 3 is 2.81 bits per heavy atom. The highest BCUT2D eigenvalue weighted by molar-refractivity contribution is 8.05. The second kappa shape index (κ2) is 4.79. The first-order valence-corrected chi connectivity index (χ1v) is 6.58. The number of nitrogens with two attached hydrogens (primary N) is 1. The van der Waals surface area contributed by atoms with E-state index in [2.05, 4.69) is 15.0 Å². The van der Waals surface area contributed by atoms with Gasteiger partial charge in [-0.05, 0) is 6.42 Å². The fourth-order valence-corrected chi connectivity index (χ4v) is 2.06. The standard InChI is InChI=1S/C8H15N3O4S/c1-15-7(12)6(9)3-5-4-10-8(11-5)16(2,13)14/h5-6H,3-4,9H2,1-2H3,(H,10,11)/t5?,6-/m0/s1. The van der Waals surface area contributed by atoms with Gasteiger partial charge in [0.2, 0.25) is 15.0 Å². The van der Waals surface area contributed by atoms with Crippen molar-refractivity contribution < 1.29 is 17.9 Å². The third kappa shape index (κ3) is 3.17. The number of hydrogen-bond donors (Lipinski definition) is 2. The molecule has 0 radical (unpaired) electrons. The molecular weight excluding hydrogens is 234 g/mol. The highest BCUT2D eigenvalue weighted by atomic mass is 32.2. The van der Waals surface area contributed by atoms with Crippen molar-refractivity contribution in [2.24, 2.45) is 10.7 Å². The molecule has 0 aliphatic carbocycles. The lowest BCUT2D eigenvalue weighted by molar-refractivity contribution is -0.142. The van der Waals surface area contributed by atoms with Gasteiger partial charge in [0.15, 0.2) is 0 Å². The lowest BCUT2D eigenvalue weighted by Crippen LogP contribution is -2.42. The second-order valence-corrected chi connectivity index (χ2v) is 5.56. The van der Waals surface area contributed by atoms with Crippen LogP contribution in [0.1, 0.15) is 6.42 Å². The van der Waals surface area contributed by atoms with Crippen molar-refractivity contribution in [1.82, 2.24) is 5.32 Å². The van der Waals surface area contributed by atoms with Gasteiger partial charge in [-0.2, -0.15) is 0 Å². The van der Waals surface area contributed by atoms with Gasteiger partial charge < -0.3 is 15.8 Å². The molecule has 3 N–H and O–H groups in total. The summed E-state index contributed by atoms with van der Waals surface area (Å²) in [4.78, 5) is 14.9. The number of rotatable bonds is 3. The van der Waals surface area contributed by atoms with Crippen LogP contribution in [0.15, 0.2) is 4.99 Å². The van der Waals surface area contributed by atoms with E-state index in [1.54, 1.807) is 0 Å². The minimum Gasteiger partial charge on any atom is -0.468 e. The van der Waals surface area contributed by atoms with Crippen molar-refractivity contribution in [3.05, 3.63) is 0 Å². The molecule has 0 aromatic rings. The molecule has 8 heteroatoms. The number of sulfone groups is 1. The maximum Gasteiger partial charge on any atom is 0.322 e. The smallest absolute Gasteiger partial charge is 0.322 e. The Morgan fingerprint density at radius 2 is 2.38 bits per heavy atom. The molecular formula is C8H15N3O4S. The number of methoxy groups -OCH3 is 1. The molecule has 0 amide bonds. The molecule has 0 spiro atoms. The summed E-state index contributed by atoms with van der Waals surface area (Å²) < 4.78 is 26.7. The Hall–Kier alpha value is -1.15. The normalized spacial score (nSPS) is 22.2. The number of carbonyl (C=O) groups excluding carboxylic acids is 1. The lowest BCUT2D eigenvalue weighted by atomic mass is 10.1. The zero-order valence-electron chi connectivity index (χ0n) is 9.13. The van der Waals surface area contributed by atoms with Crippen molar-refractivity contribution >= 4 is 21.0 Å². The number of hydrogen-bond acceptors (Lipinski definition) is 7. The summed E-state index contributed by atoms with van der Waals surface area (Å²) >= 11 is 0. The van der Waals surface area contributed by atoms with Gasteiger partial charge >= 0.3 is 5.97 Å². The molecule has 0 aromatic heterocycles. The lowest BCUT2D eigenvalue weighted by Gasteiger charge is -2.15. The quantitative estimate of drug-likeness (QED) is 0.574. The van der Waals surface area contributed by atoms with Gasteiger partial charge in [0.1, 0.15) is 6.04 Å². The highest BCUT2D eigenvalue weighted by Crippen LogP contribution is 2.06. The maximum atomic E-state index is 11.1. The van der Waals surface area contributed by atoms with Gasteiger partial charge in [0.25, 0.3) is 0 Å². The molecule has 0 saturated carbocycles. The van der Waals surface area contributed by atoms with E-state index in [1.807, 2.05) is 0 Å². The number of carbonyl (C=O) groups is 1. The fraction of sp³-hybridized carbons (Fsp3) is 0.750. The third-order valence-electron chi connectivity index (χ3n) is 2.18. The summed E-state index contributed by atoms with van der Waals surface area (Å²) in [5.74, 6) is -0.519. The topological polar surface area (TPSA) is 111 Å². The molecule has 92 valence electrons. The molecule has 0 bridgehead atoms. The van der Waals surface area contributed by atoms with Gasteiger partial charge in [-0.1, -0.05) is 0 Å². The van der Waals surface area contributed by atoms with Crippen LogP contribution in [-0.2, 0) is 19.4 Å².